The van der Waals surface area contributed by atoms with E-state index in [9.17, 15) is 4.79 Å². The van der Waals surface area contributed by atoms with Crippen LogP contribution in [0.25, 0.3) is 33.1 Å². The van der Waals surface area contributed by atoms with E-state index in [4.69, 9.17) is 19.3 Å². The molecule has 0 saturated heterocycles. The number of benzene rings is 1. The lowest BCUT2D eigenvalue weighted by atomic mass is 10.0. The third kappa shape index (κ3) is 4.99. The molecule has 1 aliphatic rings. The molecule has 1 aromatic carbocycles. The van der Waals surface area contributed by atoms with E-state index in [1.54, 1.807) is 11.8 Å². The SMILES string of the molecule is CC.CCNC(=O)Cn1nc(C2CC2)cc1Nc1nc(C)nc2[nH]c3cc(-c4c(C)noc4C)c(OC)cc3c12. The number of aromatic amines is 1. The summed E-state index contributed by atoms with van der Waals surface area (Å²) in [7, 11) is 1.65. The van der Waals surface area contributed by atoms with Crippen LogP contribution in [-0.4, -0.2) is 49.5 Å². The molecule has 1 saturated carbocycles. The van der Waals surface area contributed by atoms with Crippen molar-refractivity contribution in [2.24, 2.45) is 0 Å². The fraction of sp³-hybridized carbons (Fsp3) is 0.414. The van der Waals surface area contributed by atoms with E-state index >= 15 is 0 Å². The fourth-order valence-corrected chi connectivity index (χ4v) is 5.00. The quantitative estimate of drug-likeness (QED) is 0.227. The lowest BCUT2D eigenvalue weighted by Gasteiger charge is -2.11. The Morgan fingerprint density at radius 2 is 1.95 bits per heavy atom. The summed E-state index contributed by atoms with van der Waals surface area (Å²) in [4.78, 5) is 25.3. The van der Waals surface area contributed by atoms with Gasteiger partial charge in [0.1, 0.15) is 41.2 Å². The minimum absolute atomic E-state index is 0.0892. The smallest absolute Gasteiger partial charge is 0.241 e. The van der Waals surface area contributed by atoms with Crippen molar-refractivity contribution in [2.45, 2.75) is 66.8 Å². The number of ether oxygens (including phenoxy) is 1. The highest BCUT2D eigenvalue weighted by atomic mass is 16.5. The van der Waals surface area contributed by atoms with Crippen molar-refractivity contribution in [3.8, 4) is 16.9 Å². The minimum Gasteiger partial charge on any atom is -0.496 e. The molecule has 3 N–H and O–H groups in total. The summed E-state index contributed by atoms with van der Waals surface area (Å²) < 4.78 is 12.9. The first-order valence-electron chi connectivity index (χ1n) is 13.8. The van der Waals surface area contributed by atoms with Gasteiger partial charge in [0.2, 0.25) is 5.91 Å². The van der Waals surface area contributed by atoms with Crippen molar-refractivity contribution in [1.82, 2.24) is 35.2 Å². The Balaban J connectivity index is 0.00000158. The van der Waals surface area contributed by atoms with Gasteiger partial charge in [-0.05, 0) is 52.7 Å². The minimum atomic E-state index is -0.0892. The van der Waals surface area contributed by atoms with Crippen LogP contribution < -0.4 is 15.4 Å². The van der Waals surface area contributed by atoms with Gasteiger partial charge in [-0.3, -0.25) is 4.79 Å². The zero-order valence-corrected chi connectivity index (χ0v) is 24.1. The first-order chi connectivity index (χ1) is 19.4. The van der Waals surface area contributed by atoms with Gasteiger partial charge in [-0.15, -0.1) is 0 Å². The van der Waals surface area contributed by atoms with E-state index < -0.39 is 0 Å². The van der Waals surface area contributed by atoms with E-state index in [1.807, 2.05) is 59.7 Å². The van der Waals surface area contributed by atoms with Crippen molar-refractivity contribution in [3.05, 3.63) is 41.2 Å². The van der Waals surface area contributed by atoms with Gasteiger partial charge >= 0.3 is 0 Å². The van der Waals surface area contributed by atoms with Gasteiger partial charge in [0.25, 0.3) is 0 Å². The highest BCUT2D eigenvalue weighted by Crippen LogP contribution is 2.42. The van der Waals surface area contributed by atoms with Crippen LogP contribution in [0.4, 0.5) is 11.6 Å². The van der Waals surface area contributed by atoms with Crippen LogP contribution in [0.5, 0.6) is 5.75 Å². The van der Waals surface area contributed by atoms with E-state index in [0.29, 0.717) is 41.3 Å². The number of methoxy groups -OCH3 is 1. The lowest BCUT2D eigenvalue weighted by Crippen LogP contribution is -2.28. The number of anilines is 2. The van der Waals surface area contributed by atoms with Crippen molar-refractivity contribution in [1.29, 1.82) is 0 Å². The molecular weight excluding hydrogens is 508 g/mol. The zero-order valence-electron chi connectivity index (χ0n) is 24.1. The van der Waals surface area contributed by atoms with Crippen LogP contribution >= 0.6 is 0 Å². The molecule has 5 aromatic rings. The van der Waals surface area contributed by atoms with Crippen LogP contribution in [0, 0.1) is 20.8 Å². The first kappa shape index (κ1) is 27.2. The van der Waals surface area contributed by atoms with Gasteiger partial charge in [0, 0.05) is 35.0 Å². The Hall–Kier alpha value is -4.41. The Morgan fingerprint density at radius 3 is 2.60 bits per heavy atom. The standard InChI is InChI=1S/C27H30N8O3.C2H6/c1-6-28-23(36)12-35-22(11-19(33-35)16-7-8-16)32-27-25-17-10-21(37-5)18(24-13(2)34-38-14(24)3)9-20(17)31-26(25)29-15(4)30-27;1-2/h9-11,16H,6-8,12H2,1-5H3,(H,28,36)(H2,29,30,31,32);1-2H3. The number of rotatable bonds is 8. The number of fused-ring (bicyclic) bond motifs is 3. The number of nitrogens with zero attached hydrogens (tertiary/aromatic N) is 5. The molecule has 0 bridgehead atoms. The summed E-state index contributed by atoms with van der Waals surface area (Å²) in [6.45, 7) is 12.3. The van der Waals surface area contributed by atoms with Gasteiger partial charge in [0.15, 0.2) is 0 Å². The van der Waals surface area contributed by atoms with Gasteiger partial charge in [-0.2, -0.15) is 5.10 Å². The predicted molar refractivity (Wildman–Crippen MR) is 155 cm³/mol. The summed E-state index contributed by atoms with van der Waals surface area (Å²) in [5, 5.41) is 16.9. The molecule has 210 valence electrons. The van der Waals surface area contributed by atoms with E-state index in [2.05, 4.69) is 25.8 Å². The average Bonchev–Trinajstić information content (AvgIpc) is 3.51. The van der Waals surface area contributed by atoms with Gasteiger partial charge in [-0.1, -0.05) is 19.0 Å². The molecule has 0 aliphatic heterocycles. The van der Waals surface area contributed by atoms with Gasteiger partial charge in [-0.25, -0.2) is 14.6 Å². The number of carbonyl (C=O) groups excluding carboxylic acids is 1. The third-order valence-electron chi connectivity index (χ3n) is 6.89. The van der Waals surface area contributed by atoms with Crippen LogP contribution in [0.1, 0.15) is 62.5 Å². The van der Waals surface area contributed by atoms with Crippen LogP contribution in [0.2, 0.25) is 0 Å². The summed E-state index contributed by atoms with van der Waals surface area (Å²) in [6, 6.07) is 6.04. The highest BCUT2D eigenvalue weighted by Gasteiger charge is 2.28. The lowest BCUT2D eigenvalue weighted by molar-refractivity contribution is -0.121. The van der Waals surface area contributed by atoms with Gasteiger partial charge in [0.05, 0.1) is 29.4 Å². The number of aryl methyl sites for hydroxylation is 3. The van der Waals surface area contributed by atoms with E-state index in [1.165, 1.54) is 0 Å². The molecule has 11 nitrogen and oxygen atoms in total. The molecule has 1 aliphatic carbocycles. The van der Waals surface area contributed by atoms with Crippen LogP contribution in [-0.2, 0) is 11.3 Å². The largest absolute Gasteiger partial charge is 0.496 e. The number of hydrogen-bond donors (Lipinski definition) is 3. The van der Waals surface area contributed by atoms with Crippen molar-refractivity contribution < 1.29 is 14.1 Å². The number of likely N-dealkylation sites (N-methyl/N-ethyl adjacent to an activating group) is 1. The molecule has 1 amide bonds. The van der Waals surface area contributed by atoms with Crippen molar-refractivity contribution in [3.63, 3.8) is 0 Å². The maximum Gasteiger partial charge on any atom is 0.241 e. The van der Waals surface area contributed by atoms with Crippen LogP contribution in [0.15, 0.2) is 22.7 Å². The highest BCUT2D eigenvalue weighted by molar-refractivity contribution is 6.13. The average molecular weight is 545 g/mol. The molecule has 0 spiro atoms. The Kier molecular flexibility index (Phi) is 7.46. The van der Waals surface area contributed by atoms with Crippen molar-refractivity contribution in [2.75, 3.05) is 19.0 Å². The second kappa shape index (κ2) is 11.0. The maximum absolute atomic E-state index is 12.4. The molecule has 0 atom stereocenters. The molecule has 4 heterocycles. The van der Waals surface area contributed by atoms with Crippen molar-refractivity contribution >= 4 is 39.5 Å². The van der Waals surface area contributed by atoms with E-state index in [-0.39, 0.29) is 12.5 Å². The molecule has 4 aromatic heterocycles. The first-order valence-corrected chi connectivity index (χ1v) is 13.8. The number of nitrogens with one attached hydrogen (secondary N) is 3. The molecule has 40 heavy (non-hydrogen) atoms. The summed E-state index contributed by atoms with van der Waals surface area (Å²) >= 11 is 0. The normalized spacial score (nSPS) is 12.9. The van der Waals surface area contributed by atoms with E-state index in [0.717, 1.165) is 57.4 Å². The third-order valence-corrected chi connectivity index (χ3v) is 6.89. The number of aromatic nitrogens is 6. The summed E-state index contributed by atoms with van der Waals surface area (Å²) in [5.41, 5.74) is 5.16. The topological polar surface area (TPSA) is 136 Å². The molecular formula is C29H36N8O3. The van der Waals surface area contributed by atoms with Crippen LogP contribution in [0.3, 0.4) is 0 Å². The molecule has 6 rings (SSSR count). The second-order valence-corrected chi connectivity index (χ2v) is 9.73. The second-order valence-electron chi connectivity index (χ2n) is 9.73. The summed E-state index contributed by atoms with van der Waals surface area (Å²) in [5.74, 6) is 3.72. The Morgan fingerprint density at radius 1 is 1.18 bits per heavy atom. The number of amides is 1. The number of hydrogen-bond acceptors (Lipinski definition) is 8. The fourth-order valence-electron chi connectivity index (χ4n) is 5.00. The maximum atomic E-state index is 12.4. The van der Waals surface area contributed by atoms with Gasteiger partial charge < -0.3 is 24.9 Å². The number of carbonyl (C=O) groups is 1. The summed E-state index contributed by atoms with van der Waals surface area (Å²) in [6.07, 6.45) is 2.23. The Bertz CT molecular complexity index is 1670. The zero-order chi connectivity index (χ0) is 28.6. The number of H-pyrrole nitrogens is 1. The molecule has 0 unspecified atom stereocenters. The monoisotopic (exact) mass is 544 g/mol. The molecule has 1 fully saturated rings. The predicted octanol–water partition coefficient (Wildman–Crippen LogP) is 5.68. The molecule has 11 heteroatoms. The Labute approximate surface area is 232 Å². The molecule has 0 radical (unpaired) electrons.